The second kappa shape index (κ2) is 4.99. The third kappa shape index (κ3) is 3.02. The summed E-state index contributed by atoms with van der Waals surface area (Å²) in [5.74, 6) is 0.540. The van der Waals surface area contributed by atoms with E-state index < -0.39 is 0 Å². The van der Waals surface area contributed by atoms with Gasteiger partial charge in [-0.1, -0.05) is 32.1 Å². The molecule has 0 aliphatic heterocycles. The van der Waals surface area contributed by atoms with Crippen molar-refractivity contribution < 1.29 is 4.79 Å². The zero-order chi connectivity index (χ0) is 10.6. The van der Waals surface area contributed by atoms with Gasteiger partial charge in [-0.15, -0.1) is 0 Å². The molecule has 0 saturated carbocycles. The fourth-order valence-corrected chi connectivity index (χ4v) is 1.79. The first-order chi connectivity index (χ1) is 6.63. The van der Waals surface area contributed by atoms with Crippen LogP contribution in [0.1, 0.15) is 33.1 Å². The Bertz CT molecular complexity index is 253. The fourth-order valence-electron chi connectivity index (χ4n) is 1.79. The number of carbonyl (C=O) groups is 1. The highest BCUT2D eigenvalue weighted by molar-refractivity contribution is 5.87. The number of rotatable bonds is 3. The Balaban J connectivity index is 2.48. The third-order valence-corrected chi connectivity index (χ3v) is 2.68. The molecule has 1 amide bonds. The Morgan fingerprint density at radius 2 is 2.43 bits per heavy atom. The molecule has 0 heterocycles. The van der Waals surface area contributed by atoms with Crippen LogP contribution >= 0.6 is 0 Å². The zero-order valence-corrected chi connectivity index (χ0v) is 9.05. The molecular formula is C12H19NO. The average molecular weight is 193 g/mol. The van der Waals surface area contributed by atoms with Gasteiger partial charge in [-0.05, 0) is 31.3 Å². The van der Waals surface area contributed by atoms with Crippen molar-refractivity contribution in [2.75, 3.05) is 0 Å². The lowest BCUT2D eigenvalue weighted by molar-refractivity contribution is -0.117. The minimum Gasteiger partial charge on any atom is -0.350 e. The fraction of sp³-hybridized carbons (Fsp3) is 0.583. The summed E-state index contributed by atoms with van der Waals surface area (Å²) in [5, 5.41) is 2.96. The Morgan fingerprint density at radius 3 is 3.00 bits per heavy atom. The maximum Gasteiger partial charge on any atom is 0.243 e. The molecule has 78 valence electrons. The van der Waals surface area contributed by atoms with E-state index in [-0.39, 0.29) is 5.91 Å². The Labute approximate surface area is 86.1 Å². The van der Waals surface area contributed by atoms with Crippen LogP contribution in [-0.2, 0) is 4.79 Å². The van der Waals surface area contributed by atoms with Crippen molar-refractivity contribution in [1.29, 1.82) is 0 Å². The van der Waals surface area contributed by atoms with E-state index >= 15 is 0 Å². The summed E-state index contributed by atoms with van der Waals surface area (Å²) in [6, 6.07) is 0.308. The van der Waals surface area contributed by atoms with Gasteiger partial charge in [0.05, 0.1) is 0 Å². The standard InChI is InChI=1S/C12H19NO/c1-4-12(14)13-11-7-5-6-10(8-11)9(2)3/h4,6,9,11H,1,5,7-8H2,2-3H3,(H,13,14). The molecule has 0 saturated heterocycles. The van der Waals surface area contributed by atoms with Crippen LogP contribution in [0.3, 0.4) is 0 Å². The lowest BCUT2D eigenvalue weighted by Gasteiger charge is -2.25. The molecule has 0 spiro atoms. The Morgan fingerprint density at radius 1 is 1.71 bits per heavy atom. The van der Waals surface area contributed by atoms with E-state index in [0.29, 0.717) is 12.0 Å². The lowest BCUT2D eigenvalue weighted by atomic mass is 9.88. The number of hydrogen-bond donors (Lipinski definition) is 1. The van der Waals surface area contributed by atoms with Crippen molar-refractivity contribution in [3.05, 3.63) is 24.3 Å². The summed E-state index contributed by atoms with van der Waals surface area (Å²) < 4.78 is 0. The molecule has 2 heteroatoms. The molecule has 2 nitrogen and oxygen atoms in total. The van der Waals surface area contributed by atoms with E-state index in [0.717, 1.165) is 19.3 Å². The number of carbonyl (C=O) groups excluding carboxylic acids is 1. The first-order valence-electron chi connectivity index (χ1n) is 5.25. The SMILES string of the molecule is C=CC(=O)NC1CCC=C(C(C)C)C1. The van der Waals surface area contributed by atoms with Gasteiger partial charge in [-0.25, -0.2) is 0 Å². The number of allylic oxidation sites excluding steroid dienone is 1. The van der Waals surface area contributed by atoms with Gasteiger partial charge in [-0.3, -0.25) is 4.79 Å². The molecule has 0 bridgehead atoms. The predicted octanol–water partition coefficient (Wildman–Crippen LogP) is 2.42. The third-order valence-electron chi connectivity index (χ3n) is 2.68. The normalized spacial score (nSPS) is 21.6. The van der Waals surface area contributed by atoms with E-state index in [1.807, 2.05) is 0 Å². The molecule has 1 aliphatic carbocycles. The Hall–Kier alpha value is -1.05. The van der Waals surface area contributed by atoms with E-state index in [9.17, 15) is 4.79 Å². The Kier molecular flexibility index (Phi) is 3.93. The van der Waals surface area contributed by atoms with E-state index in [2.05, 4.69) is 31.8 Å². The van der Waals surface area contributed by atoms with Gasteiger partial charge in [0.15, 0.2) is 0 Å². The van der Waals surface area contributed by atoms with Crippen LogP contribution in [0.25, 0.3) is 0 Å². The molecule has 14 heavy (non-hydrogen) atoms. The quantitative estimate of drug-likeness (QED) is 0.541. The molecule has 0 fully saturated rings. The molecule has 0 aromatic carbocycles. The van der Waals surface area contributed by atoms with Gasteiger partial charge in [0, 0.05) is 6.04 Å². The van der Waals surface area contributed by atoms with Crippen LogP contribution in [0.5, 0.6) is 0 Å². The highest BCUT2D eigenvalue weighted by Gasteiger charge is 2.17. The van der Waals surface area contributed by atoms with Crippen LogP contribution in [-0.4, -0.2) is 11.9 Å². The van der Waals surface area contributed by atoms with Crippen LogP contribution in [0.15, 0.2) is 24.3 Å². The molecule has 1 unspecified atom stereocenters. The largest absolute Gasteiger partial charge is 0.350 e. The van der Waals surface area contributed by atoms with Gasteiger partial charge >= 0.3 is 0 Å². The van der Waals surface area contributed by atoms with Crippen molar-refractivity contribution >= 4 is 5.91 Å². The average Bonchev–Trinajstić information content (AvgIpc) is 2.18. The molecule has 0 aromatic heterocycles. The van der Waals surface area contributed by atoms with E-state index in [1.165, 1.54) is 11.6 Å². The molecule has 1 atom stereocenters. The predicted molar refractivity (Wildman–Crippen MR) is 58.9 cm³/mol. The second-order valence-electron chi connectivity index (χ2n) is 4.12. The van der Waals surface area contributed by atoms with Crippen molar-refractivity contribution in [3.63, 3.8) is 0 Å². The highest BCUT2D eigenvalue weighted by Crippen LogP contribution is 2.24. The number of hydrogen-bond acceptors (Lipinski definition) is 1. The van der Waals surface area contributed by atoms with Crippen LogP contribution in [0.4, 0.5) is 0 Å². The minimum absolute atomic E-state index is 0.0555. The van der Waals surface area contributed by atoms with E-state index in [4.69, 9.17) is 0 Å². The first-order valence-corrected chi connectivity index (χ1v) is 5.25. The summed E-state index contributed by atoms with van der Waals surface area (Å²) in [4.78, 5) is 11.1. The maximum atomic E-state index is 11.1. The van der Waals surface area contributed by atoms with Crippen molar-refractivity contribution in [3.8, 4) is 0 Å². The van der Waals surface area contributed by atoms with Crippen molar-refractivity contribution in [1.82, 2.24) is 5.32 Å². The minimum atomic E-state index is -0.0555. The molecule has 0 aromatic rings. The van der Waals surface area contributed by atoms with Crippen molar-refractivity contribution in [2.45, 2.75) is 39.2 Å². The molecule has 1 rings (SSSR count). The van der Waals surface area contributed by atoms with Gasteiger partial charge in [0.2, 0.25) is 5.91 Å². The summed E-state index contributed by atoms with van der Waals surface area (Å²) >= 11 is 0. The molecule has 1 aliphatic rings. The van der Waals surface area contributed by atoms with Gasteiger partial charge < -0.3 is 5.32 Å². The van der Waals surface area contributed by atoms with E-state index in [1.54, 1.807) is 0 Å². The molecule has 1 N–H and O–H groups in total. The van der Waals surface area contributed by atoms with Gasteiger partial charge in [0.1, 0.15) is 0 Å². The lowest BCUT2D eigenvalue weighted by Crippen LogP contribution is -2.35. The van der Waals surface area contributed by atoms with Gasteiger partial charge in [-0.2, -0.15) is 0 Å². The topological polar surface area (TPSA) is 29.1 Å². The second-order valence-corrected chi connectivity index (χ2v) is 4.12. The number of amides is 1. The van der Waals surface area contributed by atoms with Crippen LogP contribution in [0, 0.1) is 5.92 Å². The van der Waals surface area contributed by atoms with Gasteiger partial charge in [0.25, 0.3) is 0 Å². The maximum absolute atomic E-state index is 11.1. The molecule has 0 radical (unpaired) electrons. The highest BCUT2D eigenvalue weighted by atomic mass is 16.1. The number of nitrogens with one attached hydrogen (secondary N) is 1. The van der Waals surface area contributed by atoms with Crippen LogP contribution < -0.4 is 5.32 Å². The summed E-state index contributed by atoms with van der Waals surface area (Å²) in [5.41, 5.74) is 1.46. The zero-order valence-electron chi connectivity index (χ0n) is 9.05. The monoisotopic (exact) mass is 193 g/mol. The summed E-state index contributed by atoms with van der Waals surface area (Å²) in [6.45, 7) is 7.85. The smallest absolute Gasteiger partial charge is 0.243 e. The van der Waals surface area contributed by atoms with Crippen molar-refractivity contribution in [2.24, 2.45) is 5.92 Å². The van der Waals surface area contributed by atoms with Crippen LogP contribution in [0.2, 0.25) is 0 Å². The summed E-state index contributed by atoms with van der Waals surface area (Å²) in [7, 11) is 0. The first kappa shape index (κ1) is 11.0. The summed E-state index contributed by atoms with van der Waals surface area (Å²) in [6.07, 6.45) is 6.78. The molecular weight excluding hydrogens is 174 g/mol.